The van der Waals surface area contributed by atoms with Crippen LogP contribution >= 0.6 is 0 Å². The predicted octanol–water partition coefficient (Wildman–Crippen LogP) is 2.14. The third-order valence-corrected chi connectivity index (χ3v) is 4.18. The highest BCUT2D eigenvalue weighted by Crippen LogP contribution is 2.39. The van der Waals surface area contributed by atoms with Crippen LogP contribution in [0.3, 0.4) is 0 Å². The minimum atomic E-state index is -0.453. The van der Waals surface area contributed by atoms with E-state index in [1.165, 1.54) is 16.7 Å². The summed E-state index contributed by atoms with van der Waals surface area (Å²) in [4.78, 5) is 2.27. The Labute approximate surface area is 126 Å². The number of benzene rings is 1. The Morgan fingerprint density at radius 3 is 2.90 bits per heavy atom. The van der Waals surface area contributed by atoms with Crippen LogP contribution in [0.2, 0.25) is 0 Å². The van der Waals surface area contributed by atoms with Gasteiger partial charge in [0, 0.05) is 25.1 Å². The molecule has 0 radical (unpaired) electrons. The summed E-state index contributed by atoms with van der Waals surface area (Å²) in [5, 5.41) is 10.2. The van der Waals surface area contributed by atoms with Crippen molar-refractivity contribution < 1.29 is 14.6 Å². The summed E-state index contributed by atoms with van der Waals surface area (Å²) in [7, 11) is 3.78. The molecule has 21 heavy (non-hydrogen) atoms. The predicted molar refractivity (Wildman–Crippen MR) is 81.8 cm³/mol. The number of likely N-dealkylation sites (N-methyl/N-ethyl adjacent to an activating group) is 1. The second-order valence-electron chi connectivity index (χ2n) is 6.14. The highest BCUT2D eigenvalue weighted by atomic mass is 16.5. The largest absolute Gasteiger partial charge is 0.493 e. The molecule has 2 heterocycles. The SMILES string of the molecule is COc1ccc2c3c1O[C@H](C)C[C@@H](O)/C=C(\C3)CN(C)C2. The van der Waals surface area contributed by atoms with Crippen LogP contribution < -0.4 is 9.47 Å². The Hall–Kier alpha value is -1.52. The van der Waals surface area contributed by atoms with Crippen molar-refractivity contribution in [2.75, 3.05) is 20.7 Å². The lowest BCUT2D eigenvalue weighted by Gasteiger charge is -2.22. The first-order valence-electron chi connectivity index (χ1n) is 7.48. The fraction of sp³-hybridized carbons (Fsp3) is 0.529. The van der Waals surface area contributed by atoms with Crippen LogP contribution in [0.1, 0.15) is 24.5 Å². The lowest BCUT2D eigenvalue weighted by molar-refractivity contribution is 0.128. The van der Waals surface area contributed by atoms with Gasteiger partial charge in [0.25, 0.3) is 0 Å². The number of ether oxygens (including phenoxy) is 2. The van der Waals surface area contributed by atoms with Gasteiger partial charge in [-0.3, -0.25) is 4.90 Å². The van der Waals surface area contributed by atoms with Crippen molar-refractivity contribution in [3.63, 3.8) is 0 Å². The zero-order chi connectivity index (χ0) is 15.0. The molecule has 1 N–H and O–H groups in total. The maximum absolute atomic E-state index is 10.2. The molecule has 0 saturated carbocycles. The Bertz CT molecular complexity index is 567. The fourth-order valence-electron chi connectivity index (χ4n) is 3.30. The first-order valence-corrected chi connectivity index (χ1v) is 7.48. The Morgan fingerprint density at radius 2 is 2.14 bits per heavy atom. The number of aliphatic hydroxyl groups excluding tert-OH is 1. The van der Waals surface area contributed by atoms with Crippen molar-refractivity contribution in [2.45, 2.75) is 38.5 Å². The van der Waals surface area contributed by atoms with E-state index >= 15 is 0 Å². The number of fused-ring (bicyclic) bond motifs is 1. The molecular formula is C17H23NO3. The van der Waals surface area contributed by atoms with Gasteiger partial charge in [-0.1, -0.05) is 17.7 Å². The zero-order valence-corrected chi connectivity index (χ0v) is 12.9. The van der Waals surface area contributed by atoms with Crippen LogP contribution in [0.4, 0.5) is 0 Å². The number of aliphatic hydroxyl groups is 1. The zero-order valence-electron chi connectivity index (χ0n) is 12.9. The monoisotopic (exact) mass is 289 g/mol. The van der Waals surface area contributed by atoms with Crippen molar-refractivity contribution in [1.29, 1.82) is 0 Å². The van der Waals surface area contributed by atoms with Gasteiger partial charge in [0.1, 0.15) is 0 Å². The quantitative estimate of drug-likeness (QED) is 0.804. The molecule has 0 fully saturated rings. The van der Waals surface area contributed by atoms with E-state index in [2.05, 4.69) is 18.0 Å². The molecule has 4 nitrogen and oxygen atoms in total. The molecular weight excluding hydrogens is 266 g/mol. The average molecular weight is 289 g/mol. The summed E-state index contributed by atoms with van der Waals surface area (Å²) in [5.41, 5.74) is 3.72. The van der Waals surface area contributed by atoms with E-state index in [1.807, 2.05) is 19.1 Å². The molecule has 2 atom stereocenters. The molecule has 0 aromatic heterocycles. The molecule has 0 amide bonds. The van der Waals surface area contributed by atoms with Gasteiger partial charge in [0.05, 0.1) is 19.3 Å². The van der Waals surface area contributed by atoms with Gasteiger partial charge in [-0.15, -0.1) is 0 Å². The van der Waals surface area contributed by atoms with Crippen molar-refractivity contribution in [3.8, 4) is 11.5 Å². The van der Waals surface area contributed by atoms with Crippen LogP contribution in [0.25, 0.3) is 0 Å². The normalized spacial score (nSPS) is 28.3. The van der Waals surface area contributed by atoms with E-state index < -0.39 is 6.10 Å². The van der Waals surface area contributed by atoms with E-state index in [4.69, 9.17) is 9.47 Å². The number of nitrogens with zero attached hydrogens (tertiary/aromatic N) is 1. The van der Waals surface area contributed by atoms with Gasteiger partial charge >= 0.3 is 0 Å². The van der Waals surface area contributed by atoms with E-state index in [9.17, 15) is 5.11 Å². The Kier molecular flexibility index (Phi) is 3.91. The average Bonchev–Trinajstić information content (AvgIpc) is 2.52. The summed E-state index contributed by atoms with van der Waals surface area (Å²) < 4.78 is 11.6. The number of hydrogen-bond donors (Lipinski definition) is 1. The minimum absolute atomic E-state index is 0.0457. The lowest BCUT2D eigenvalue weighted by atomic mass is 9.99. The van der Waals surface area contributed by atoms with E-state index in [0.29, 0.717) is 6.42 Å². The number of rotatable bonds is 1. The van der Waals surface area contributed by atoms with E-state index in [0.717, 1.165) is 31.0 Å². The minimum Gasteiger partial charge on any atom is -0.493 e. The molecule has 4 heteroatoms. The molecule has 0 saturated heterocycles. The Balaban J connectivity index is 2.16. The van der Waals surface area contributed by atoms with Gasteiger partial charge in [0.15, 0.2) is 11.5 Å². The molecule has 114 valence electrons. The highest BCUT2D eigenvalue weighted by Gasteiger charge is 2.25. The smallest absolute Gasteiger partial charge is 0.165 e. The third kappa shape index (κ3) is 2.92. The molecule has 0 aliphatic carbocycles. The van der Waals surface area contributed by atoms with Crippen molar-refractivity contribution >= 4 is 0 Å². The molecule has 3 rings (SSSR count). The van der Waals surface area contributed by atoms with Crippen LogP contribution in [-0.2, 0) is 13.0 Å². The molecule has 2 bridgehead atoms. The summed E-state index contributed by atoms with van der Waals surface area (Å²) in [6.07, 6.45) is 2.91. The second-order valence-corrected chi connectivity index (χ2v) is 6.14. The van der Waals surface area contributed by atoms with Gasteiger partial charge < -0.3 is 14.6 Å². The van der Waals surface area contributed by atoms with Crippen molar-refractivity contribution in [2.24, 2.45) is 0 Å². The number of methoxy groups -OCH3 is 1. The van der Waals surface area contributed by atoms with Crippen molar-refractivity contribution in [3.05, 3.63) is 34.9 Å². The van der Waals surface area contributed by atoms with Crippen molar-refractivity contribution in [1.82, 2.24) is 4.90 Å². The fourth-order valence-corrected chi connectivity index (χ4v) is 3.30. The van der Waals surface area contributed by atoms with Gasteiger partial charge in [-0.2, -0.15) is 0 Å². The van der Waals surface area contributed by atoms with Crippen LogP contribution in [0, 0.1) is 0 Å². The summed E-state index contributed by atoms with van der Waals surface area (Å²) >= 11 is 0. The highest BCUT2D eigenvalue weighted by molar-refractivity contribution is 5.53. The standard InChI is InChI=1S/C17H23NO3/c1-11-6-14(19)7-12-8-15-13(10-18(2)9-12)4-5-16(20-3)17(15)21-11/h4-5,7,11,14,19H,6,8-10H2,1-3H3/b12-7+/t11-,14-/m1/s1. The lowest BCUT2D eigenvalue weighted by Crippen LogP contribution is -2.22. The summed E-state index contributed by atoms with van der Waals surface area (Å²) in [6.45, 7) is 3.76. The third-order valence-electron chi connectivity index (χ3n) is 4.18. The van der Waals surface area contributed by atoms with Crippen LogP contribution in [0.5, 0.6) is 11.5 Å². The molecule has 0 spiro atoms. The first-order chi connectivity index (χ1) is 10.1. The second kappa shape index (κ2) is 5.70. The molecule has 1 aromatic carbocycles. The maximum Gasteiger partial charge on any atom is 0.165 e. The summed E-state index contributed by atoms with van der Waals surface area (Å²) in [6, 6.07) is 4.11. The van der Waals surface area contributed by atoms with E-state index in [-0.39, 0.29) is 6.10 Å². The number of hydrogen-bond acceptors (Lipinski definition) is 4. The van der Waals surface area contributed by atoms with Gasteiger partial charge in [-0.05, 0) is 32.0 Å². The molecule has 2 aliphatic rings. The molecule has 1 aromatic rings. The summed E-state index contributed by atoms with van der Waals surface area (Å²) in [5.74, 6) is 1.62. The first kappa shape index (κ1) is 14.4. The van der Waals surface area contributed by atoms with Gasteiger partial charge in [0.2, 0.25) is 0 Å². The van der Waals surface area contributed by atoms with Crippen LogP contribution in [-0.4, -0.2) is 42.9 Å². The van der Waals surface area contributed by atoms with Gasteiger partial charge in [-0.25, -0.2) is 0 Å². The molecule has 0 unspecified atom stereocenters. The maximum atomic E-state index is 10.2. The molecule has 2 aliphatic heterocycles. The topological polar surface area (TPSA) is 41.9 Å². The van der Waals surface area contributed by atoms with Crippen LogP contribution in [0.15, 0.2) is 23.8 Å². The Morgan fingerprint density at radius 1 is 1.33 bits per heavy atom. The van der Waals surface area contributed by atoms with E-state index in [1.54, 1.807) is 7.11 Å².